The third-order valence-corrected chi connectivity index (χ3v) is 5.86. The summed E-state index contributed by atoms with van der Waals surface area (Å²) in [4.78, 5) is 14.4. The molecule has 0 bridgehead atoms. The summed E-state index contributed by atoms with van der Waals surface area (Å²) in [5, 5.41) is 0. The Morgan fingerprint density at radius 3 is 2.55 bits per heavy atom. The van der Waals surface area contributed by atoms with Gasteiger partial charge in [-0.25, -0.2) is 12.7 Å². The molecule has 1 heterocycles. The fourth-order valence-electron chi connectivity index (χ4n) is 3.32. The van der Waals surface area contributed by atoms with Crippen molar-refractivity contribution in [1.82, 2.24) is 9.21 Å². The number of fused-ring (bicyclic) bond motifs is 1. The first-order valence-corrected chi connectivity index (χ1v) is 9.66. The molecule has 2 aliphatic rings. The van der Waals surface area contributed by atoms with E-state index in [0.717, 1.165) is 18.4 Å². The Kier molecular flexibility index (Phi) is 4.23. The first kappa shape index (κ1) is 15.5. The van der Waals surface area contributed by atoms with Gasteiger partial charge < -0.3 is 4.90 Å². The highest BCUT2D eigenvalue weighted by molar-refractivity contribution is 7.88. The Bertz CT molecular complexity index is 685. The predicted molar refractivity (Wildman–Crippen MR) is 85.4 cm³/mol. The maximum absolute atomic E-state index is 12.7. The average Bonchev–Trinajstić information content (AvgIpc) is 2.78. The van der Waals surface area contributed by atoms with Crippen molar-refractivity contribution in [3.63, 3.8) is 0 Å². The molecule has 0 radical (unpaired) electrons. The summed E-state index contributed by atoms with van der Waals surface area (Å²) in [7, 11) is -3.18. The van der Waals surface area contributed by atoms with E-state index >= 15 is 0 Å². The fourth-order valence-corrected chi connectivity index (χ4v) is 4.19. The van der Waals surface area contributed by atoms with Crippen LogP contribution in [0.2, 0.25) is 0 Å². The number of amides is 1. The van der Waals surface area contributed by atoms with Crippen molar-refractivity contribution in [3.8, 4) is 0 Å². The van der Waals surface area contributed by atoms with Gasteiger partial charge >= 0.3 is 0 Å². The van der Waals surface area contributed by atoms with Crippen LogP contribution in [0.1, 0.15) is 34.3 Å². The lowest BCUT2D eigenvalue weighted by Gasteiger charge is -2.21. The van der Waals surface area contributed by atoms with Gasteiger partial charge in [0.1, 0.15) is 0 Å². The summed E-state index contributed by atoms with van der Waals surface area (Å²) in [6.07, 6.45) is 5.24. The van der Waals surface area contributed by atoms with E-state index in [4.69, 9.17) is 0 Å². The first-order chi connectivity index (χ1) is 10.4. The van der Waals surface area contributed by atoms with E-state index < -0.39 is 10.0 Å². The first-order valence-electron chi connectivity index (χ1n) is 7.81. The SMILES string of the molecule is CS(=O)(=O)N1CCCN(C(=O)c2ccc3c(c2)CCC3)CC1. The molecule has 1 aliphatic heterocycles. The van der Waals surface area contributed by atoms with Crippen molar-refractivity contribution in [2.24, 2.45) is 0 Å². The van der Waals surface area contributed by atoms with Crippen molar-refractivity contribution >= 4 is 15.9 Å². The lowest BCUT2D eigenvalue weighted by atomic mass is 10.1. The lowest BCUT2D eigenvalue weighted by Crippen LogP contribution is -2.37. The summed E-state index contributed by atoms with van der Waals surface area (Å²) < 4.78 is 24.7. The van der Waals surface area contributed by atoms with Gasteiger partial charge in [0, 0.05) is 31.7 Å². The van der Waals surface area contributed by atoms with Crippen molar-refractivity contribution in [1.29, 1.82) is 0 Å². The van der Waals surface area contributed by atoms with E-state index in [1.54, 1.807) is 4.90 Å². The van der Waals surface area contributed by atoms with E-state index in [1.807, 2.05) is 12.1 Å². The van der Waals surface area contributed by atoms with Gasteiger partial charge in [0.05, 0.1) is 6.26 Å². The molecule has 1 aromatic carbocycles. The van der Waals surface area contributed by atoms with Crippen LogP contribution >= 0.6 is 0 Å². The van der Waals surface area contributed by atoms with Crippen LogP contribution in [0.3, 0.4) is 0 Å². The Morgan fingerprint density at radius 1 is 1.00 bits per heavy atom. The molecule has 120 valence electrons. The molecule has 1 fully saturated rings. The summed E-state index contributed by atoms with van der Waals surface area (Å²) in [6, 6.07) is 5.99. The summed E-state index contributed by atoms with van der Waals surface area (Å²) in [6.45, 7) is 1.95. The normalized spacial score (nSPS) is 19.8. The molecular formula is C16H22N2O3S. The van der Waals surface area contributed by atoms with Gasteiger partial charge in [0.2, 0.25) is 10.0 Å². The predicted octanol–water partition coefficient (Wildman–Crippen LogP) is 1.28. The van der Waals surface area contributed by atoms with Gasteiger partial charge in [-0.05, 0) is 48.9 Å². The quantitative estimate of drug-likeness (QED) is 0.824. The van der Waals surface area contributed by atoms with Crippen LogP contribution in [0.15, 0.2) is 18.2 Å². The molecule has 0 saturated carbocycles. The Morgan fingerprint density at radius 2 is 1.77 bits per heavy atom. The highest BCUT2D eigenvalue weighted by Gasteiger charge is 2.25. The van der Waals surface area contributed by atoms with Crippen molar-refractivity contribution in [3.05, 3.63) is 34.9 Å². The fraction of sp³-hybridized carbons (Fsp3) is 0.562. The van der Waals surface area contributed by atoms with Crippen LogP contribution < -0.4 is 0 Å². The monoisotopic (exact) mass is 322 g/mol. The molecule has 6 heteroatoms. The molecule has 0 atom stereocenters. The zero-order valence-corrected chi connectivity index (χ0v) is 13.7. The zero-order chi connectivity index (χ0) is 15.7. The molecule has 22 heavy (non-hydrogen) atoms. The van der Waals surface area contributed by atoms with E-state index in [9.17, 15) is 13.2 Å². The highest BCUT2D eigenvalue weighted by Crippen LogP contribution is 2.23. The third-order valence-electron chi connectivity index (χ3n) is 4.56. The van der Waals surface area contributed by atoms with Gasteiger partial charge in [0.15, 0.2) is 0 Å². The minimum Gasteiger partial charge on any atom is -0.337 e. The van der Waals surface area contributed by atoms with Gasteiger partial charge in [-0.15, -0.1) is 0 Å². The number of rotatable bonds is 2. The number of carbonyl (C=O) groups excluding carboxylic acids is 1. The number of benzene rings is 1. The van der Waals surface area contributed by atoms with Crippen LogP contribution in [0.25, 0.3) is 0 Å². The third kappa shape index (κ3) is 3.17. The lowest BCUT2D eigenvalue weighted by molar-refractivity contribution is 0.0764. The number of sulfonamides is 1. The molecule has 5 nitrogen and oxygen atoms in total. The Hall–Kier alpha value is -1.40. The second kappa shape index (κ2) is 6.01. The molecule has 0 unspecified atom stereocenters. The smallest absolute Gasteiger partial charge is 0.253 e. The van der Waals surface area contributed by atoms with Crippen LogP contribution in [0.4, 0.5) is 0 Å². The van der Waals surface area contributed by atoms with Crippen LogP contribution in [-0.4, -0.2) is 56.0 Å². The minimum absolute atomic E-state index is 0.0186. The standard InChI is InChI=1S/C16H22N2O3S/c1-22(20,21)18-9-3-8-17(10-11-18)16(19)15-7-6-13-4-2-5-14(13)12-15/h6-7,12H,2-5,8-11H2,1H3. The van der Waals surface area contributed by atoms with E-state index in [-0.39, 0.29) is 5.91 Å². The maximum atomic E-state index is 12.7. The van der Waals surface area contributed by atoms with Crippen LogP contribution in [0.5, 0.6) is 0 Å². The van der Waals surface area contributed by atoms with Crippen molar-refractivity contribution < 1.29 is 13.2 Å². The topological polar surface area (TPSA) is 57.7 Å². The minimum atomic E-state index is -3.18. The molecule has 1 aromatic rings. The summed E-state index contributed by atoms with van der Waals surface area (Å²) in [5.41, 5.74) is 3.38. The average molecular weight is 322 g/mol. The second-order valence-electron chi connectivity index (χ2n) is 6.14. The number of aryl methyl sites for hydroxylation is 2. The molecule has 0 spiro atoms. The van der Waals surface area contributed by atoms with Crippen molar-refractivity contribution in [2.45, 2.75) is 25.7 Å². The molecule has 1 saturated heterocycles. The molecule has 1 amide bonds. The highest BCUT2D eigenvalue weighted by atomic mass is 32.2. The van der Waals surface area contributed by atoms with E-state index in [0.29, 0.717) is 32.6 Å². The van der Waals surface area contributed by atoms with Crippen LogP contribution in [-0.2, 0) is 22.9 Å². The van der Waals surface area contributed by atoms with Crippen LogP contribution in [0, 0.1) is 0 Å². The Balaban J connectivity index is 1.73. The van der Waals surface area contributed by atoms with E-state index in [2.05, 4.69) is 6.07 Å². The number of hydrogen-bond donors (Lipinski definition) is 0. The maximum Gasteiger partial charge on any atom is 0.253 e. The van der Waals surface area contributed by atoms with E-state index in [1.165, 1.54) is 28.1 Å². The molecule has 0 aromatic heterocycles. The number of carbonyl (C=O) groups is 1. The molecular weight excluding hydrogens is 300 g/mol. The van der Waals surface area contributed by atoms with Gasteiger partial charge in [-0.3, -0.25) is 4.79 Å². The Labute approximate surface area is 132 Å². The molecule has 1 aliphatic carbocycles. The number of hydrogen-bond acceptors (Lipinski definition) is 3. The molecule has 0 N–H and O–H groups in total. The summed E-state index contributed by atoms with van der Waals surface area (Å²) in [5.74, 6) is 0.0186. The largest absolute Gasteiger partial charge is 0.337 e. The zero-order valence-electron chi connectivity index (χ0n) is 12.9. The van der Waals surface area contributed by atoms with Crippen molar-refractivity contribution in [2.75, 3.05) is 32.4 Å². The second-order valence-corrected chi connectivity index (χ2v) is 8.13. The molecule has 3 rings (SSSR count). The van der Waals surface area contributed by atoms with Gasteiger partial charge in [0.25, 0.3) is 5.91 Å². The van der Waals surface area contributed by atoms with Gasteiger partial charge in [-0.1, -0.05) is 6.07 Å². The summed E-state index contributed by atoms with van der Waals surface area (Å²) >= 11 is 0. The number of nitrogens with zero attached hydrogens (tertiary/aromatic N) is 2. The van der Waals surface area contributed by atoms with Gasteiger partial charge in [-0.2, -0.15) is 0 Å².